The highest BCUT2D eigenvalue weighted by molar-refractivity contribution is 7.92. The Kier molecular flexibility index (Phi) is 5.38. The molecule has 0 aliphatic carbocycles. The molecule has 1 aliphatic rings. The SMILES string of the molecule is C[C@H]1C[C@@H](C(=O)NCCS(=O)(=O)C(C)(C)C)CCN1. The first-order valence-electron chi connectivity index (χ1n) is 6.87. The maximum absolute atomic E-state index is 11.9. The van der Waals surface area contributed by atoms with Gasteiger partial charge in [-0.3, -0.25) is 4.79 Å². The topological polar surface area (TPSA) is 75.3 Å². The first kappa shape index (κ1) is 16.4. The van der Waals surface area contributed by atoms with Gasteiger partial charge in [0.25, 0.3) is 0 Å². The minimum atomic E-state index is -3.16. The predicted molar refractivity (Wildman–Crippen MR) is 76.7 cm³/mol. The van der Waals surface area contributed by atoms with Crippen molar-refractivity contribution in [2.45, 2.75) is 51.3 Å². The molecule has 0 saturated carbocycles. The highest BCUT2D eigenvalue weighted by atomic mass is 32.2. The summed E-state index contributed by atoms with van der Waals surface area (Å²) in [4.78, 5) is 11.9. The van der Waals surface area contributed by atoms with Crippen LogP contribution in [-0.2, 0) is 14.6 Å². The van der Waals surface area contributed by atoms with Gasteiger partial charge >= 0.3 is 0 Å². The van der Waals surface area contributed by atoms with E-state index in [-0.39, 0.29) is 24.1 Å². The second-order valence-electron chi connectivity index (χ2n) is 6.30. The third kappa shape index (κ3) is 4.76. The van der Waals surface area contributed by atoms with Crippen molar-refractivity contribution in [1.29, 1.82) is 0 Å². The number of piperidine rings is 1. The van der Waals surface area contributed by atoms with Gasteiger partial charge in [-0.1, -0.05) is 0 Å². The fourth-order valence-electron chi connectivity index (χ4n) is 2.13. The lowest BCUT2D eigenvalue weighted by atomic mass is 9.92. The van der Waals surface area contributed by atoms with E-state index in [1.807, 2.05) is 0 Å². The first-order valence-corrected chi connectivity index (χ1v) is 8.52. The minimum absolute atomic E-state index is 0.00274. The molecule has 1 aliphatic heterocycles. The number of rotatable bonds is 4. The molecule has 0 aromatic rings. The summed E-state index contributed by atoms with van der Waals surface area (Å²) in [5.74, 6) is -0.00555. The van der Waals surface area contributed by atoms with E-state index in [1.54, 1.807) is 20.8 Å². The van der Waals surface area contributed by atoms with Crippen LogP contribution in [0.25, 0.3) is 0 Å². The van der Waals surface area contributed by atoms with E-state index < -0.39 is 14.6 Å². The summed E-state index contributed by atoms with van der Waals surface area (Å²) in [6, 6.07) is 0.350. The van der Waals surface area contributed by atoms with E-state index in [0.29, 0.717) is 6.04 Å². The average molecular weight is 290 g/mol. The van der Waals surface area contributed by atoms with Crippen molar-refractivity contribution in [2.75, 3.05) is 18.8 Å². The predicted octanol–water partition coefficient (Wildman–Crippen LogP) is 0.704. The molecular weight excluding hydrogens is 264 g/mol. The van der Waals surface area contributed by atoms with Gasteiger partial charge in [-0.25, -0.2) is 8.42 Å². The number of sulfone groups is 1. The Morgan fingerprint density at radius 3 is 2.53 bits per heavy atom. The first-order chi connectivity index (χ1) is 8.63. The van der Waals surface area contributed by atoms with Gasteiger partial charge in [-0.15, -0.1) is 0 Å². The standard InChI is InChI=1S/C13H26N2O3S/c1-10-9-11(5-6-14-10)12(16)15-7-8-19(17,18)13(2,3)4/h10-11,14H,5-9H2,1-4H3,(H,15,16)/t10-,11-/m0/s1. The molecule has 1 heterocycles. The van der Waals surface area contributed by atoms with Crippen LogP contribution in [0.4, 0.5) is 0 Å². The van der Waals surface area contributed by atoms with Crippen molar-refractivity contribution < 1.29 is 13.2 Å². The maximum Gasteiger partial charge on any atom is 0.223 e. The monoisotopic (exact) mass is 290 g/mol. The van der Waals surface area contributed by atoms with E-state index in [9.17, 15) is 13.2 Å². The molecule has 0 unspecified atom stereocenters. The Balaban J connectivity index is 2.39. The van der Waals surface area contributed by atoms with Crippen LogP contribution in [0.3, 0.4) is 0 Å². The molecule has 0 spiro atoms. The Labute approximate surface area is 116 Å². The van der Waals surface area contributed by atoms with E-state index in [2.05, 4.69) is 17.6 Å². The van der Waals surface area contributed by atoms with Crippen molar-refractivity contribution in [2.24, 2.45) is 5.92 Å². The van der Waals surface area contributed by atoms with Gasteiger partial charge in [0, 0.05) is 18.5 Å². The molecule has 0 aromatic heterocycles. The quantitative estimate of drug-likeness (QED) is 0.799. The van der Waals surface area contributed by atoms with E-state index in [4.69, 9.17) is 0 Å². The van der Waals surface area contributed by atoms with Gasteiger partial charge in [-0.2, -0.15) is 0 Å². The van der Waals surface area contributed by atoms with Crippen LogP contribution in [0.5, 0.6) is 0 Å². The van der Waals surface area contributed by atoms with Crippen LogP contribution in [-0.4, -0.2) is 44.0 Å². The summed E-state index contributed by atoms with van der Waals surface area (Å²) in [6.07, 6.45) is 1.64. The highest BCUT2D eigenvalue weighted by Gasteiger charge is 2.29. The van der Waals surface area contributed by atoms with E-state index in [0.717, 1.165) is 19.4 Å². The molecule has 112 valence electrons. The van der Waals surface area contributed by atoms with Crippen molar-refractivity contribution >= 4 is 15.7 Å². The zero-order valence-electron chi connectivity index (χ0n) is 12.3. The number of nitrogens with one attached hydrogen (secondary N) is 2. The summed E-state index contributed by atoms with van der Waals surface area (Å²) < 4.78 is 23.0. The van der Waals surface area contributed by atoms with Gasteiger partial charge in [0.2, 0.25) is 5.91 Å². The van der Waals surface area contributed by atoms with E-state index >= 15 is 0 Å². The van der Waals surface area contributed by atoms with Crippen LogP contribution in [0.2, 0.25) is 0 Å². The molecule has 0 bridgehead atoms. The van der Waals surface area contributed by atoms with Crippen molar-refractivity contribution in [3.05, 3.63) is 0 Å². The lowest BCUT2D eigenvalue weighted by molar-refractivity contribution is -0.125. The second-order valence-corrected chi connectivity index (χ2v) is 9.16. The molecule has 1 fully saturated rings. The third-order valence-corrected chi connectivity index (χ3v) is 6.21. The lowest BCUT2D eigenvalue weighted by Gasteiger charge is -2.27. The molecule has 0 aromatic carbocycles. The number of hydrogen-bond acceptors (Lipinski definition) is 4. The van der Waals surface area contributed by atoms with Gasteiger partial charge in [0.1, 0.15) is 0 Å². The van der Waals surface area contributed by atoms with Gasteiger partial charge in [0.05, 0.1) is 10.5 Å². The summed E-state index contributed by atoms with van der Waals surface area (Å²) in [5, 5.41) is 6.05. The highest BCUT2D eigenvalue weighted by Crippen LogP contribution is 2.17. The second kappa shape index (κ2) is 6.22. The van der Waals surface area contributed by atoms with Crippen LogP contribution >= 0.6 is 0 Å². The van der Waals surface area contributed by atoms with Crippen LogP contribution in [0, 0.1) is 5.92 Å². The molecule has 1 amide bonds. The van der Waals surface area contributed by atoms with Crippen molar-refractivity contribution in [1.82, 2.24) is 10.6 Å². The van der Waals surface area contributed by atoms with Crippen LogP contribution < -0.4 is 10.6 Å². The molecule has 2 N–H and O–H groups in total. The minimum Gasteiger partial charge on any atom is -0.355 e. The largest absolute Gasteiger partial charge is 0.355 e. The lowest BCUT2D eigenvalue weighted by Crippen LogP contribution is -2.44. The van der Waals surface area contributed by atoms with E-state index in [1.165, 1.54) is 0 Å². The van der Waals surface area contributed by atoms with Gasteiger partial charge in [0.15, 0.2) is 9.84 Å². The third-order valence-electron chi connectivity index (χ3n) is 3.60. The number of hydrogen-bond donors (Lipinski definition) is 2. The summed E-state index contributed by atoms with van der Waals surface area (Å²) in [5.41, 5.74) is 0. The molecule has 1 rings (SSSR count). The normalized spacial score (nSPS) is 25.1. The molecule has 0 radical (unpaired) electrons. The molecule has 5 nitrogen and oxygen atoms in total. The Morgan fingerprint density at radius 1 is 1.37 bits per heavy atom. The summed E-state index contributed by atoms with van der Waals surface area (Å²) in [6.45, 7) is 8.15. The summed E-state index contributed by atoms with van der Waals surface area (Å²) in [7, 11) is -3.16. The van der Waals surface area contributed by atoms with Gasteiger partial charge in [-0.05, 0) is 47.1 Å². The summed E-state index contributed by atoms with van der Waals surface area (Å²) >= 11 is 0. The molecule has 1 saturated heterocycles. The zero-order chi connectivity index (χ0) is 14.7. The molecule has 2 atom stereocenters. The Morgan fingerprint density at radius 2 is 2.00 bits per heavy atom. The van der Waals surface area contributed by atoms with Crippen LogP contribution in [0.15, 0.2) is 0 Å². The van der Waals surface area contributed by atoms with Crippen molar-refractivity contribution in [3.8, 4) is 0 Å². The Bertz CT molecular complexity index is 412. The number of carbonyl (C=O) groups excluding carboxylic acids is 1. The molecule has 6 heteroatoms. The molecule has 19 heavy (non-hydrogen) atoms. The number of amides is 1. The zero-order valence-corrected chi connectivity index (χ0v) is 13.1. The Hall–Kier alpha value is -0.620. The van der Waals surface area contributed by atoms with Crippen molar-refractivity contribution in [3.63, 3.8) is 0 Å². The van der Waals surface area contributed by atoms with Crippen LogP contribution in [0.1, 0.15) is 40.5 Å². The molecular formula is C13H26N2O3S. The number of carbonyl (C=O) groups is 1. The smallest absolute Gasteiger partial charge is 0.223 e. The fraction of sp³-hybridized carbons (Fsp3) is 0.923. The van der Waals surface area contributed by atoms with Gasteiger partial charge < -0.3 is 10.6 Å². The maximum atomic E-state index is 11.9. The average Bonchev–Trinajstić information content (AvgIpc) is 2.27. The fourth-order valence-corrected chi connectivity index (χ4v) is 3.11.